The van der Waals surface area contributed by atoms with Crippen molar-refractivity contribution in [2.75, 3.05) is 19.0 Å². The van der Waals surface area contributed by atoms with Gasteiger partial charge in [0, 0.05) is 19.7 Å². The molecule has 1 aromatic carbocycles. The van der Waals surface area contributed by atoms with Crippen LogP contribution in [0, 0.1) is 0 Å². The van der Waals surface area contributed by atoms with Crippen molar-refractivity contribution in [1.82, 2.24) is 0 Å². The van der Waals surface area contributed by atoms with Crippen molar-refractivity contribution in [2.24, 2.45) is 0 Å². The molecule has 0 N–H and O–H groups in total. The number of anilines is 1. The van der Waals surface area contributed by atoms with E-state index in [2.05, 4.69) is 0 Å². The van der Waals surface area contributed by atoms with E-state index in [1.807, 2.05) is 25.1 Å². The molecule has 0 saturated carbocycles. The Bertz CT molecular complexity index is 297. The molecule has 0 heterocycles. The van der Waals surface area contributed by atoms with E-state index in [9.17, 15) is 4.79 Å². The molecule has 1 aromatic rings. The second kappa shape index (κ2) is 3.59. The van der Waals surface area contributed by atoms with Crippen molar-refractivity contribution in [3.63, 3.8) is 0 Å². The lowest BCUT2D eigenvalue weighted by molar-refractivity contribution is 0.112. The van der Waals surface area contributed by atoms with Crippen LogP contribution in [0.3, 0.4) is 0 Å². The topological polar surface area (TPSA) is 20.3 Å². The zero-order valence-corrected chi connectivity index (χ0v) is 7.80. The predicted molar refractivity (Wildman–Crippen MR) is 51.2 cm³/mol. The van der Waals surface area contributed by atoms with Gasteiger partial charge in [0.05, 0.1) is 10.7 Å². The van der Waals surface area contributed by atoms with Crippen LogP contribution < -0.4 is 4.90 Å². The molecule has 0 amide bonds. The number of aldehydes is 1. The van der Waals surface area contributed by atoms with Gasteiger partial charge in [0.2, 0.25) is 0 Å². The fraction of sp³-hybridized carbons (Fsp3) is 0.222. The quantitative estimate of drug-likeness (QED) is 0.656. The lowest BCUT2D eigenvalue weighted by Crippen LogP contribution is -2.09. The Morgan fingerprint density at radius 1 is 1.42 bits per heavy atom. The van der Waals surface area contributed by atoms with Gasteiger partial charge >= 0.3 is 0 Å². The number of hydrogen-bond acceptors (Lipinski definition) is 2. The highest BCUT2D eigenvalue weighted by Gasteiger charge is 2.02. The van der Waals surface area contributed by atoms with Gasteiger partial charge in [-0.1, -0.05) is 11.6 Å². The van der Waals surface area contributed by atoms with E-state index in [0.29, 0.717) is 10.6 Å². The summed E-state index contributed by atoms with van der Waals surface area (Å²) in [5.41, 5.74) is 1.52. The lowest BCUT2D eigenvalue weighted by atomic mass is 10.2. The van der Waals surface area contributed by atoms with Crippen LogP contribution in [-0.2, 0) is 0 Å². The third kappa shape index (κ3) is 1.77. The van der Waals surface area contributed by atoms with Gasteiger partial charge in [-0.2, -0.15) is 0 Å². The first-order valence-corrected chi connectivity index (χ1v) is 3.95. The maximum Gasteiger partial charge on any atom is 0.150 e. The molecule has 3 heteroatoms. The summed E-state index contributed by atoms with van der Waals surface area (Å²) in [6.45, 7) is 0. The van der Waals surface area contributed by atoms with Crippen molar-refractivity contribution in [3.8, 4) is 0 Å². The summed E-state index contributed by atoms with van der Waals surface area (Å²) in [7, 11) is 3.81. The average molecular weight is 184 g/mol. The largest absolute Gasteiger partial charge is 0.376 e. The van der Waals surface area contributed by atoms with Crippen LogP contribution >= 0.6 is 11.6 Å². The predicted octanol–water partition coefficient (Wildman–Crippen LogP) is 2.22. The first-order chi connectivity index (χ1) is 5.65. The molecule has 0 unspecified atom stereocenters. The van der Waals surface area contributed by atoms with E-state index >= 15 is 0 Å². The zero-order valence-electron chi connectivity index (χ0n) is 7.04. The zero-order chi connectivity index (χ0) is 9.14. The Hall–Kier alpha value is -1.02. The number of benzene rings is 1. The molecule has 0 aliphatic carbocycles. The molecular formula is C9H10ClNO. The molecule has 0 aliphatic heterocycles. The number of hydrogen-bond donors (Lipinski definition) is 0. The van der Waals surface area contributed by atoms with Crippen molar-refractivity contribution < 1.29 is 4.79 Å². The fourth-order valence-electron chi connectivity index (χ4n) is 0.959. The van der Waals surface area contributed by atoms with Gasteiger partial charge in [-0.15, -0.1) is 0 Å². The van der Waals surface area contributed by atoms with Crippen molar-refractivity contribution >= 4 is 23.6 Å². The van der Waals surface area contributed by atoms with Crippen LogP contribution in [0.15, 0.2) is 18.2 Å². The third-order valence-corrected chi connectivity index (χ3v) is 1.89. The molecule has 0 bridgehead atoms. The van der Waals surface area contributed by atoms with E-state index in [0.717, 1.165) is 12.0 Å². The van der Waals surface area contributed by atoms with Crippen LogP contribution in [0.2, 0.25) is 5.02 Å². The highest BCUT2D eigenvalue weighted by Crippen LogP contribution is 2.24. The molecular weight excluding hydrogens is 174 g/mol. The standard InChI is InChI=1S/C9H10ClNO/c1-11(2)9-4-3-7(6-12)5-8(9)10/h3-6H,1-2H3. The molecule has 0 aromatic heterocycles. The van der Waals surface area contributed by atoms with E-state index < -0.39 is 0 Å². The summed E-state index contributed by atoms with van der Waals surface area (Å²) in [5.74, 6) is 0. The number of carbonyl (C=O) groups excluding carboxylic acids is 1. The molecule has 0 saturated heterocycles. The fourth-order valence-corrected chi connectivity index (χ4v) is 1.32. The summed E-state index contributed by atoms with van der Waals surface area (Å²) < 4.78 is 0. The number of nitrogens with zero attached hydrogens (tertiary/aromatic N) is 1. The highest BCUT2D eigenvalue weighted by atomic mass is 35.5. The van der Waals surface area contributed by atoms with Gasteiger partial charge in [0.25, 0.3) is 0 Å². The van der Waals surface area contributed by atoms with Gasteiger partial charge < -0.3 is 4.90 Å². The van der Waals surface area contributed by atoms with Gasteiger partial charge in [0.1, 0.15) is 6.29 Å². The maximum atomic E-state index is 10.4. The Balaban J connectivity index is 3.11. The third-order valence-electron chi connectivity index (χ3n) is 1.59. The number of halogens is 1. The molecule has 12 heavy (non-hydrogen) atoms. The van der Waals surface area contributed by atoms with Crippen LogP contribution in [-0.4, -0.2) is 20.4 Å². The van der Waals surface area contributed by atoms with E-state index in [1.165, 1.54) is 0 Å². The summed E-state index contributed by atoms with van der Waals surface area (Å²) in [6, 6.07) is 5.23. The van der Waals surface area contributed by atoms with Crippen molar-refractivity contribution in [3.05, 3.63) is 28.8 Å². The Morgan fingerprint density at radius 3 is 2.50 bits per heavy atom. The number of rotatable bonds is 2. The molecule has 64 valence electrons. The second-order valence-electron chi connectivity index (χ2n) is 2.72. The van der Waals surface area contributed by atoms with Gasteiger partial charge in [0.15, 0.2) is 0 Å². The van der Waals surface area contributed by atoms with Crippen LogP contribution in [0.5, 0.6) is 0 Å². The minimum absolute atomic E-state index is 0.601. The first-order valence-electron chi connectivity index (χ1n) is 3.57. The van der Waals surface area contributed by atoms with Crippen LogP contribution in [0.1, 0.15) is 10.4 Å². The molecule has 1 rings (SSSR count). The summed E-state index contributed by atoms with van der Waals surface area (Å²) in [6.07, 6.45) is 0.783. The summed E-state index contributed by atoms with van der Waals surface area (Å²) in [5, 5.41) is 0.601. The first kappa shape index (κ1) is 9.07. The smallest absolute Gasteiger partial charge is 0.150 e. The van der Waals surface area contributed by atoms with Crippen LogP contribution in [0.25, 0.3) is 0 Å². The normalized spacial score (nSPS) is 9.58. The Morgan fingerprint density at radius 2 is 2.08 bits per heavy atom. The minimum atomic E-state index is 0.601. The van der Waals surface area contributed by atoms with Gasteiger partial charge in [-0.25, -0.2) is 0 Å². The highest BCUT2D eigenvalue weighted by molar-refractivity contribution is 6.33. The van der Waals surface area contributed by atoms with Gasteiger partial charge in [-0.3, -0.25) is 4.79 Å². The molecule has 2 nitrogen and oxygen atoms in total. The van der Waals surface area contributed by atoms with E-state index in [4.69, 9.17) is 11.6 Å². The van der Waals surface area contributed by atoms with Gasteiger partial charge in [-0.05, 0) is 18.2 Å². The molecule has 0 atom stereocenters. The lowest BCUT2D eigenvalue weighted by Gasteiger charge is -2.13. The van der Waals surface area contributed by atoms with E-state index in [-0.39, 0.29) is 0 Å². The summed E-state index contributed by atoms with van der Waals surface area (Å²) >= 11 is 5.90. The van der Waals surface area contributed by atoms with Crippen molar-refractivity contribution in [1.29, 1.82) is 0 Å². The second-order valence-corrected chi connectivity index (χ2v) is 3.13. The Labute approximate surface area is 76.8 Å². The molecule has 0 fully saturated rings. The monoisotopic (exact) mass is 183 g/mol. The maximum absolute atomic E-state index is 10.4. The minimum Gasteiger partial charge on any atom is -0.376 e. The Kier molecular flexibility index (Phi) is 2.71. The average Bonchev–Trinajstić information content (AvgIpc) is 2.03. The molecule has 0 radical (unpaired) electrons. The molecule has 0 aliphatic rings. The number of carbonyl (C=O) groups is 1. The van der Waals surface area contributed by atoms with E-state index in [1.54, 1.807) is 12.1 Å². The SMILES string of the molecule is CN(C)c1ccc(C=O)cc1Cl. The van der Waals surface area contributed by atoms with Crippen LogP contribution in [0.4, 0.5) is 5.69 Å². The summed E-state index contributed by atoms with van der Waals surface area (Å²) in [4.78, 5) is 12.3. The molecule has 0 spiro atoms. The van der Waals surface area contributed by atoms with Crippen molar-refractivity contribution in [2.45, 2.75) is 0 Å².